The van der Waals surface area contributed by atoms with Gasteiger partial charge in [0, 0.05) is 38.5 Å². The highest BCUT2D eigenvalue weighted by Crippen LogP contribution is 2.28. The second kappa shape index (κ2) is 8.76. The van der Waals surface area contributed by atoms with Gasteiger partial charge in [-0.2, -0.15) is 0 Å². The Bertz CT molecular complexity index is 544. The second-order valence-corrected chi connectivity index (χ2v) is 6.82. The Hall–Kier alpha value is -1.97. The van der Waals surface area contributed by atoms with Crippen molar-refractivity contribution < 1.29 is 42.3 Å². The van der Waals surface area contributed by atoms with Gasteiger partial charge < -0.3 is 18.9 Å². The Morgan fingerprint density at radius 1 is 0.958 bits per heavy atom. The number of ether oxygens (including phenoxy) is 4. The number of carbonyl (C=O) groups excluding carboxylic acids is 4. The van der Waals surface area contributed by atoms with Crippen molar-refractivity contribution in [3.8, 4) is 0 Å². The normalized spacial score (nSPS) is 27.0. The van der Waals surface area contributed by atoms with Crippen LogP contribution >= 0.6 is 0 Å². The molecule has 0 amide bonds. The summed E-state index contributed by atoms with van der Waals surface area (Å²) in [6.07, 6.45) is -3.11. The molecule has 136 valence electrons. The highest BCUT2D eigenvalue weighted by Gasteiger charge is 2.51. The SMILES string of the molecule is CC(=O)OC[C@@H](OC(C)=O)[C@H]1[C@H](OC(C)=O)[C@@H](OC(C)=O)CS1=O. The van der Waals surface area contributed by atoms with Gasteiger partial charge in [0.05, 0.1) is 5.75 Å². The van der Waals surface area contributed by atoms with Gasteiger partial charge in [0.1, 0.15) is 11.9 Å². The largest absolute Gasteiger partial charge is 0.462 e. The fourth-order valence-electron chi connectivity index (χ4n) is 2.37. The molecule has 0 bridgehead atoms. The van der Waals surface area contributed by atoms with E-state index in [0.717, 1.165) is 13.8 Å². The van der Waals surface area contributed by atoms with Gasteiger partial charge >= 0.3 is 23.9 Å². The Morgan fingerprint density at radius 3 is 2.00 bits per heavy atom. The summed E-state index contributed by atoms with van der Waals surface area (Å²) < 4.78 is 32.5. The molecule has 0 radical (unpaired) electrons. The van der Waals surface area contributed by atoms with E-state index in [9.17, 15) is 23.4 Å². The Kier molecular flexibility index (Phi) is 7.33. The molecule has 0 aromatic rings. The minimum atomic E-state index is -1.64. The fourth-order valence-corrected chi connectivity index (χ4v) is 4.17. The summed E-state index contributed by atoms with van der Waals surface area (Å²) >= 11 is 0. The van der Waals surface area contributed by atoms with Crippen LogP contribution in [0.5, 0.6) is 0 Å². The lowest BCUT2D eigenvalue weighted by molar-refractivity contribution is -0.168. The van der Waals surface area contributed by atoms with Crippen molar-refractivity contribution >= 4 is 34.7 Å². The van der Waals surface area contributed by atoms with E-state index in [1.54, 1.807) is 0 Å². The predicted octanol–water partition coefficient (Wildman–Crippen LogP) is -0.524. The van der Waals surface area contributed by atoms with Crippen molar-refractivity contribution in [3.05, 3.63) is 0 Å². The van der Waals surface area contributed by atoms with Crippen LogP contribution in [0, 0.1) is 0 Å². The molecule has 0 spiro atoms. The zero-order valence-corrected chi connectivity index (χ0v) is 14.6. The van der Waals surface area contributed by atoms with E-state index in [-0.39, 0.29) is 12.4 Å². The van der Waals surface area contributed by atoms with Gasteiger partial charge in [0.15, 0.2) is 18.3 Å². The average Bonchev–Trinajstić information content (AvgIpc) is 2.68. The van der Waals surface area contributed by atoms with Crippen LogP contribution in [0.25, 0.3) is 0 Å². The first kappa shape index (κ1) is 20.1. The highest BCUT2D eigenvalue weighted by atomic mass is 32.2. The molecule has 1 heterocycles. The van der Waals surface area contributed by atoms with Crippen LogP contribution in [0.2, 0.25) is 0 Å². The molecule has 9 nitrogen and oxygen atoms in total. The molecule has 0 aromatic heterocycles. The fraction of sp³-hybridized carbons (Fsp3) is 0.714. The minimum absolute atomic E-state index is 0.0833. The minimum Gasteiger partial charge on any atom is -0.462 e. The lowest BCUT2D eigenvalue weighted by Gasteiger charge is -2.28. The van der Waals surface area contributed by atoms with E-state index < -0.39 is 58.2 Å². The van der Waals surface area contributed by atoms with Gasteiger partial charge in [-0.05, 0) is 0 Å². The van der Waals surface area contributed by atoms with Gasteiger partial charge in [-0.25, -0.2) is 0 Å². The summed E-state index contributed by atoms with van der Waals surface area (Å²) in [4.78, 5) is 44.8. The van der Waals surface area contributed by atoms with Crippen LogP contribution in [-0.4, -0.2) is 64.0 Å². The van der Waals surface area contributed by atoms with Gasteiger partial charge in [0.25, 0.3) is 0 Å². The van der Waals surface area contributed by atoms with Crippen molar-refractivity contribution in [3.63, 3.8) is 0 Å². The molecule has 0 saturated carbocycles. The predicted molar refractivity (Wildman–Crippen MR) is 80.1 cm³/mol. The summed E-state index contributed by atoms with van der Waals surface area (Å²) in [5.41, 5.74) is 0. The number of carbonyl (C=O) groups is 4. The molecule has 5 atom stereocenters. The molecule has 10 heteroatoms. The zero-order valence-electron chi connectivity index (χ0n) is 13.8. The molecule has 1 unspecified atom stereocenters. The maximum absolute atomic E-state index is 12.4. The molecular weight excluding hydrogens is 344 g/mol. The molecular formula is C14H20O9S. The standard InChI is InChI=1S/C14H20O9S/c1-7(15)20-5-11(21-8(2)16)14-13(23-10(4)18)12(6-24(14)19)22-9(3)17/h11-14H,5-6H2,1-4H3/t11-,12+,13-,14+,24?/m1/s1. The van der Waals surface area contributed by atoms with E-state index in [2.05, 4.69) is 0 Å². The van der Waals surface area contributed by atoms with Gasteiger partial charge in [0.2, 0.25) is 0 Å². The van der Waals surface area contributed by atoms with Crippen molar-refractivity contribution in [1.29, 1.82) is 0 Å². The van der Waals surface area contributed by atoms with Gasteiger partial charge in [-0.1, -0.05) is 0 Å². The van der Waals surface area contributed by atoms with Crippen LogP contribution < -0.4 is 0 Å². The summed E-state index contributed by atoms with van der Waals surface area (Å²) in [6.45, 7) is 4.28. The van der Waals surface area contributed by atoms with Crippen molar-refractivity contribution in [2.24, 2.45) is 0 Å². The zero-order chi connectivity index (χ0) is 18.4. The molecule has 1 aliphatic rings. The maximum Gasteiger partial charge on any atom is 0.303 e. The van der Waals surface area contributed by atoms with Gasteiger partial charge in [-0.15, -0.1) is 0 Å². The smallest absolute Gasteiger partial charge is 0.303 e. The molecule has 24 heavy (non-hydrogen) atoms. The Morgan fingerprint density at radius 2 is 1.54 bits per heavy atom. The van der Waals surface area contributed by atoms with Crippen molar-refractivity contribution in [1.82, 2.24) is 0 Å². The van der Waals surface area contributed by atoms with E-state index in [0.29, 0.717) is 0 Å². The maximum atomic E-state index is 12.4. The van der Waals surface area contributed by atoms with Crippen molar-refractivity contribution in [2.45, 2.75) is 51.3 Å². The average molecular weight is 364 g/mol. The van der Waals surface area contributed by atoms with E-state index in [1.807, 2.05) is 0 Å². The third-order valence-electron chi connectivity index (χ3n) is 3.08. The third-order valence-corrected chi connectivity index (χ3v) is 4.91. The summed E-state index contributed by atoms with van der Waals surface area (Å²) in [5, 5.41) is -0.985. The number of esters is 4. The quantitative estimate of drug-likeness (QED) is 0.452. The topological polar surface area (TPSA) is 122 Å². The molecule has 0 N–H and O–H groups in total. The Balaban J connectivity index is 3.07. The molecule has 1 saturated heterocycles. The first-order chi connectivity index (χ1) is 11.1. The molecule has 1 aliphatic heterocycles. The first-order valence-electron chi connectivity index (χ1n) is 7.14. The van der Waals surface area contributed by atoms with Crippen LogP contribution in [0.4, 0.5) is 0 Å². The second-order valence-electron chi connectivity index (χ2n) is 5.18. The summed E-state index contributed by atoms with van der Waals surface area (Å²) in [5.74, 6) is -2.67. The number of hydrogen-bond acceptors (Lipinski definition) is 9. The van der Waals surface area contributed by atoms with Gasteiger partial charge in [-0.3, -0.25) is 23.4 Å². The van der Waals surface area contributed by atoms with Crippen LogP contribution in [0.15, 0.2) is 0 Å². The van der Waals surface area contributed by atoms with Crippen LogP contribution in [-0.2, 0) is 48.9 Å². The van der Waals surface area contributed by atoms with Crippen LogP contribution in [0.3, 0.4) is 0 Å². The highest BCUT2D eigenvalue weighted by molar-refractivity contribution is 7.86. The third kappa shape index (κ3) is 5.91. The first-order valence-corrected chi connectivity index (χ1v) is 8.52. The molecule has 1 fully saturated rings. The van der Waals surface area contributed by atoms with E-state index in [1.165, 1.54) is 13.8 Å². The van der Waals surface area contributed by atoms with E-state index in [4.69, 9.17) is 18.9 Å². The lowest BCUT2D eigenvalue weighted by Crippen LogP contribution is -2.47. The lowest BCUT2D eigenvalue weighted by atomic mass is 10.1. The van der Waals surface area contributed by atoms with E-state index >= 15 is 0 Å². The van der Waals surface area contributed by atoms with Crippen molar-refractivity contribution in [2.75, 3.05) is 12.4 Å². The Labute approximate surface area is 141 Å². The van der Waals surface area contributed by atoms with Crippen LogP contribution in [0.1, 0.15) is 27.7 Å². The number of rotatable bonds is 6. The molecule has 1 rings (SSSR count). The monoisotopic (exact) mass is 364 g/mol. The summed E-state index contributed by atoms with van der Waals surface area (Å²) in [7, 11) is -1.64. The summed E-state index contributed by atoms with van der Waals surface area (Å²) in [6, 6.07) is 0. The molecule has 0 aliphatic carbocycles. The molecule has 0 aromatic carbocycles. The number of hydrogen-bond donors (Lipinski definition) is 0.